The molecule has 2 nitrogen and oxygen atoms in total. The number of fused-ring (bicyclic) bond motifs is 1. The van der Waals surface area contributed by atoms with Crippen molar-refractivity contribution < 1.29 is 9.22 Å². The second kappa shape index (κ2) is 5.80. The zero-order valence-electron chi connectivity index (χ0n) is 16.6. The fourth-order valence-electron chi connectivity index (χ4n) is 5.10. The van der Waals surface area contributed by atoms with Gasteiger partial charge in [0.25, 0.3) is 0 Å². The maximum absolute atomic E-state index is 11.2. The molecular formula is C21H36O2Si. The minimum absolute atomic E-state index is 0.226. The molecule has 0 N–H and O–H groups in total. The van der Waals surface area contributed by atoms with E-state index in [-0.39, 0.29) is 15.9 Å². The smallest absolute Gasteiger partial charge is 0.192 e. The molecule has 0 aromatic carbocycles. The lowest BCUT2D eigenvalue weighted by Crippen LogP contribution is -2.49. The minimum Gasteiger partial charge on any atom is -0.414 e. The van der Waals surface area contributed by atoms with Crippen LogP contribution in [0.1, 0.15) is 72.6 Å². The van der Waals surface area contributed by atoms with Crippen molar-refractivity contribution in [3.05, 3.63) is 11.6 Å². The van der Waals surface area contributed by atoms with Gasteiger partial charge in [-0.05, 0) is 67.0 Å². The van der Waals surface area contributed by atoms with E-state index in [2.05, 4.69) is 46.9 Å². The van der Waals surface area contributed by atoms with Gasteiger partial charge in [0.2, 0.25) is 0 Å². The van der Waals surface area contributed by atoms with E-state index >= 15 is 0 Å². The van der Waals surface area contributed by atoms with Gasteiger partial charge in [-0.25, -0.2) is 0 Å². The fraction of sp³-hybridized carbons (Fsp3) is 0.857. The summed E-state index contributed by atoms with van der Waals surface area (Å²) in [5.74, 6) is 0.625. The molecule has 3 aliphatic carbocycles. The molecule has 3 aliphatic rings. The summed E-state index contributed by atoms with van der Waals surface area (Å²) in [5.41, 5.74) is 2.12. The van der Waals surface area contributed by atoms with E-state index in [1.165, 1.54) is 32.1 Å². The highest BCUT2D eigenvalue weighted by Crippen LogP contribution is 2.66. The number of hydrogen-bond donors (Lipinski definition) is 0. The van der Waals surface area contributed by atoms with Crippen molar-refractivity contribution in [2.24, 2.45) is 16.7 Å². The Balaban J connectivity index is 1.80. The molecule has 136 valence electrons. The van der Waals surface area contributed by atoms with E-state index in [1.54, 1.807) is 5.57 Å². The second-order valence-electron chi connectivity index (χ2n) is 10.3. The van der Waals surface area contributed by atoms with E-state index < -0.39 is 8.32 Å². The summed E-state index contributed by atoms with van der Waals surface area (Å²) in [7, 11) is -1.73. The molecule has 3 heteroatoms. The van der Waals surface area contributed by atoms with Crippen LogP contribution in [0.3, 0.4) is 0 Å². The van der Waals surface area contributed by atoms with Crippen molar-refractivity contribution >= 4 is 14.6 Å². The SMILES string of the molecule is CC(C)(C)[Si](C)(C)O[C@H]1CCC[C@@]2(C)C(C3(CC=O)CC3)=CCC12. The van der Waals surface area contributed by atoms with Gasteiger partial charge in [0, 0.05) is 12.5 Å². The molecule has 2 fully saturated rings. The molecular weight excluding hydrogens is 312 g/mol. The van der Waals surface area contributed by atoms with Crippen LogP contribution in [-0.4, -0.2) is 20.7 Å². The summed E-state index contributed by atoms with van der Waals surface area (Å²) in [5, 5.41) is 0.269. The summed E-state index contributed by atoms with van der Waals surface area (Å²) in [6.45, 7) is 14.3. The molecule has 0 aromatic heterocycles. The predicted molar refractivity (Wildman–Crippen MR) is 103 cm³/mol. The Kier molecular flexibility index (Phi) is 4.44. The van der Waals surface area contributed by atoms with Gasteiger partial charge in [0.15, 0.2) is 8.32 Å². The molecule has 0 amide bonds. The van der Waals surface area contributed by atoms with Crippen LogP contribution in [0.2, 0.25) is 18.1 Å². The highest BCUT2D eigenvalue weighted by molar-refractivity contribution is 6.74. The molecule has 0 aliphatic heterocycles. The monoisotopic (exact) mass is 348 g/mol. The van der Waals surface area contributed by atoms with Crippen LogP contribution in [0.25, 0.3) is 0 Å². The van der Waals surface area contributed by atoms with Crippen molar-refractivity contribution in [2.75, 3.05) is 0 Å². The maximum atomic E-state index is 11.2. The third kappa shape index (κ3) is 2.86. The molecule has 0 spiro atoms. The highest BCUT2D eigenvalue weighted by Gasteiger charge is 2.58. The number of allylic oxidation sites excluding steroid dienone is 2. The van der Waals surface area contributed by atoms with E-state index in [0.29, 0.717) is 12.0 Å². The van der Waals surface area contributed by atoms with E-state index in [4.69, 9.17) is 4.43 Å². The van der Waals surface area contributed by atoms with Crippen molar-refractivity contribution in [3.8, 4) is 0 Å². The number of carbonyl (C=O) groups is 1. The average Bonchev–Trinajstić information content (AvgIpc) is 3.12. The molecule has 1 unspecified atom stereocenters. The molecule has 24 heavy (non-hydrogen) atoms. The Hall–Kier alpha value is -0.413. The minimum atomic E-state index is -1.73. The molecule has 3 rings (SSSR count). The van der Waals surface area contributed by atoms with Crippen LogP contribution < -0.4 is 0 Å². The maximum Gasteiger partial charge on any atom is 0.192 e. The second-order valence-corrected chi connectivity index (χ2v) is 15.1. The number of hydrogen-bond acceptors (Lipinski definition) is 2. The average molecular weight is 349 g/mol. The summed E-state index contributed by atoms with van der Waals surface area (Å²) < 4.78 is 6.90. The first-order chi connectivity index (χ1) is 11.1. The Morgan fingerprint density at radius 2 is 1.96 bits per heavy atom. The normalized spacial score (nSPS) is 35.3. The first-order valence-corrected chi connectivity index (χ1v) is 12.8. The Labute approximate surface area is 149 Å². The topological polar surface area (TPSA) is 26.3 Å². The van der Waals surface area contributed by atoms with Crippen LogP contribution in [-0.2, 0) is 9.22 Å². The Morgan fingerprint density at radius 3 is 2.50 bits per heavy atom. The van der Waals surface area contributed by atoms with Crippen molar-refractivity contribution in [1.29, 1.82) is 0 Å². The zero-order chi connectivity index (χ0) is 17.8. The molecule has 0 radical (unpaired) electrons. The van der Waals surface area contributed by atoms with Gasteiger partial charge in [-0.2, -0.15) is 0 Å². The van der Waals surface area contributed by atoms with Gasteiger partial charge in [0.1, 0.15) is 6.29 Å². The molecule has 0 bridgehead atoms. The standard InChI is InChI=1S/C21H36O2Si/c1-19(2,3)24(5,6)23-17-8-7-11-20(4)16(17)9-10-18(20)21(12-13-21)14-15-22/h10,15-17H,7-9,11-14H2,1-6H3/t16?,17-,20+/m0/s1. The molecule has 2 saturated carbocycles. The lowest BCUT2D eigenvalue weighted by molar-refractivity contribution is -0.108. The van der Waals surface area contributed by atoms with Gasteiger partial charge >= 0.3 is 0 Å². The third-order valence-corrected chi connectivity index (χ3v) is 12.3. The highest BCUT2D eigenvalue weighted by atomic mass is 28.4. The van der Waals surface area contributed by atoms with E-state index in [0.717, 1.165) is 19.1 Å². The van der Waals surface area contributed by atoms with Crippen LogP contribution in [0.5, 0.6) is 0 Å². The number of aldehydes is 1. The van der Waals surface area contributed by atoms with Crippen LogP contribution in [0, 0.1) is 16.7 Å². The van der Waals surface area contributed by atoms with Crippen LogP contribution in [0.15, 0.2) is 11.6 Å². The summed E-state index contributed by atoms with van der Waals surface area (Å²) in [4.78, 5) is 11.2. The largest absolute Gasteiger partial charge is 0.414 e. The van der Waals surface area contributed by atoms with Gasteiger partial charge < -0.3 is 9.22 Å². The quantitative estimate of drug-likeness (QED) is 0.352. The van der Waals surface area contributed by atoms with Crippen LogP contribution in [0.4, 0.5) is 0 Å². The lowest BCUT2D eigenvalue weighted by atomic mass is 9.62. The van der Waals surface area contributed by atoms with Crippen molar-refractivity contribution in [2.45, 2.75) is 96.9 Å². The number of rotatable bonds is 5. The Bertz CT molecular complexity index is 539. The van der Waals surface area contributed by atoms with E-state index in [1.807, 2.05) is 0 Å². The molecule has 3 atom stereocenters. The zero-order valence-corrected chi connectivity index (χ0v) is 17.6. The van der Waals surface area contributed by atoms with Gasteiger partial charge in [-0.15, -0.1) is 0 Å². The predicted octanol–water partition coefficient (Wildman–Crippen LogP) is 5.88. The molecule has 0 heterocycles. The fourth-order valence-corrected chi connectivity index (χ4v) is 6.50. The Morgan fingerprint density at radius 1 is 1.29 bits per heavy atom. The third-order valence-electron chi connectivity index (χ3n) is 7.79. The van der Waals surface area contributed by atoms with Gasteiger partial charge in [-0.3, -0.25) is 0 Å². The first-order valence-electron chi connectivity index (χ1n) is 9.88. The molecule has 0 saturated heterocycles. The first kappa shape index (κ1) is 18.4. The molecule has 0 aromatic rings. The van der Waals surface area contributed by atoms with E-state index in [9.17, 15) is 4.79 Å². The van der Waals surface area contributed by atoms with Gasteiger partial charge in [0.05, 0.1) is 0 Å². The summed E-state index contributed by atoms with van der Waals surface area (Å²) in [6.07, 6.45) is 12.1. The van der Waals surface area contributed by atoms with Gasteiger partial charge in [-0.1, -0.05) is 45.8 Å². The van der Waals surface area contributed by atoms with Crippen LogP contribution >= 0.6 is 0 Å². The number of carbonyl (C=O) groups excluding carboxylic acids is 1. The lowest BCUT2D eigenvalue weighted by Gasteiger charge is -2.49. The summed E-state index contributed by atoms with van der Waals surface area (Å²) in [6, 6.07) is 0. The van der Waals surface area contributed by atoms with Crippen molar-refractivity contribution in [3.63, 3.8) is 0 Å². The summed E-state index contributed by atoms with van der Waals surface area (Å²) >= 11 is 0. The van der Waals surface area contributed by atoms with Crippen molar-refractivity contribution in [1.82, 2.24) is 0 Å².